The fraction of sp³-hybridized carbons (Fsp3) is 0.611. The maximum atomic E-state index is 8.73. The number of nitrogens with one attached hydrogen (secondary N) is 1. The fourth-order valence-electron chi connectivity index (χ4n) is 4.64. The van der Waals surface area contributed by atoms with Gasteiger partial charge in [0.2, 0.25) is 0 Å². The summed E-state index contributed by atoms with van der Waals surface area (Å²) < 4.78 is 0. The molecule has 106 valence electrons. The standard InChI is InChI=1S/C18H24N2/c1-17(2)14-8-10-18(3,12-14)16(17)20-15-6-4-13(5-7-15)9-11-19/h4-7,14,16,20H,8-10,12H2,1-3H3. The Labute approximate surface area is 122 Å². The number of hydrogen-bond donors (Lipinski definition) is 1. The van der Waals surface area contributed by atoms with Crippen molar-refractivity contribution in [3.05, 3.63) is 29.8 Å². The van der Waals surface area contributed by atoms with Gasteiger partial charge >= 0.3 is 0 Å². The van der Waals surface area contributed by atoms with Crippen molar-refractivity contribution in [3.8, 4) is 6.07 Å². The number of fused-ring (bicyclic) bond motifs is 2. The maximum absolute atomic E-state index is 8.73. The van der Waals surface area contributed by atoms with Crippen LogP contribution in [0, 0.1) is 28.1 Å². The lowest BCUT2D eigenvalue weighted by Crippen LogP contribution is -2.45. The van der Waals surface area contributed by atoms with Gasteiger partial charge < -0.3 is 5.32 Å². The molecule has 0 spiro atoms. The molecule has 0 saturated heterocycles. The molecule has 2 saturated carbocycles. The lowest BCUT2D eigenvalue weighted by Gasteiger charge is -2.43. The summed E-state index contributed by atoms with van der Waals surface area (Å²) in [5.41, 5.74) is 3.10. The van der Waals surface area contributed by atoms with E-state index in [2.05, 4.69) is 56.4 Å². The monoisotopic (exact) mass is 268 g/mol. The summed E-state index contributed by atoms with van der Waals surface area (Å²) in [5, 5.41) is 12.5. The first kappa shape index (κ1) is 13.5. The first-order valence-corrected chi connectivity index (χ1v) is 7.68. The van der Waals surface area contributed by atoms with Gasteiger partial charge in [-0.15, -0.1) is 0 Å². The van der Waals surface area contributed by atoms with Crippen LogP contribution >= 0.6 is 0 Å². The van der Waals surface area contributed by atoms with Crippen LogP contribution in [0.2, 0.25) is 0 Å². The molecule has 2 bridgehead atoms. The van der Waals surface area contributed by atoms with Crippen LogP contribution in [0.1, 0.15) is 45.6 Å². The molecule has 0 amide bonds. The second-order valence-corrected chi connectivity index (χ2v) is 7.52. The summed E-state index contributed by atoms with van der Waals surface area (Å²) in [4.78, 5) is 0. The maximum Gasteiger partial charge on any atom is 0.0669 e. The van der Waals surface area contributed by atoms with Gasteiger partial charge in [0.15, 0.2) is 0 Å². The minimum absolute atomic E-state index is 0.373. The molecule has 20 heavy (non-hydrogen) atoms. The van der Waals surface area contributed by atoms with Crippen molar-refractivity contribution in [3.63, 3.8) is 0 Å². The molecule has 0 heterocycles. The molecular formula is C18H24N2. The molecule has 3 rings (SSSR count). The number of hydrogen-bond acceptors (Lipinski definition) is 2. The summed E-state index contributed by atoms with van der Waals surface area (Å²) in [6, 6.07) is 11.1. The lowest BCUT2D eigenvalue weighted by molar-refractivity contribution is 0.155. The zero-order chi connectivity index (χ0) is 14.4. The van der Waals surface area contributed by atoms with Crippen molar-refractivity contribution in [2.75, 3.05) is 5.32 Å². The van der Waals surface area contributed by atoms with Crippen molar-refractivity contribution in [2.24, 2.45) is 16.7 Å². The van der Waals surface area contributed by atoms with Crippen LogP contribution < -0.4 is 5.32 Å². The minimum atomic E-state index is 0.373. The molecule has 2 aliphatic carbocycles. The van der Waals surface area contributed by atoms with E-state index in [4.69, 9.17) is 5.26 Å². The van der Waals surface area contributed by atoms with Gasteiger partial charge in [0.05, 0.1) is 12.5 Å². The molecule has 1 N–H and O–H groups in total. The average Bonchev–Trinajstić information content (AvgIpc) is 2.88. The first-order chi connectivity index (χ1) is 9.45. The SMILES string of the molecule is CC12CCC(C1)C(C)(C)C2Nc1ccc(CC#N)cc1. The number of nitriles is 1. The van der Waals surface area contributed by atoms with Crippen molar-refractivity contribution in [1.29, 1.82) is 5.26 Å². The van der Waals surface area contributed by atoms with Gasteiger partial charge in [0.25, 0.3) is 0 Å². The van der Waals surface area contributed by atoms with Crippen LogP contribution in [0.3, 0.4) is 0 Å². The van der Waals surface area contributed by atoms with Gasteiger partial charge in [-0.3, -0.25) is 0 Å². The summed E-state index contributed by atoms with van der Waals surface area (Å²) >= 11 is 0. The van der Waals surface area contributed by atoms with E-state index in [0.717, 1.165) is 11.5 Å². The van der Waals surface area contributed by atoms with Crippen LogP contribution in [0.4, 0.5) is 5.69 Å². The Hall–Kier alpha value is -1.49. The summed E-state index contributed by atoms with van der Waals surface area (Å²) in [7, 11) is 0. The third kappa shape index (κ3) is 2.00. The van der Waals surface area contributed by atoms with E-state index in [1.807, 2.05) is 0 Å². The summed E-state index contributed by atoms with van der Waals surface area (Å²) in [6.45, 7) is 7.29. The number of rotatable bonds is 3. The molecule has 3 atom stereocenters. The molecule has 0 aromatic heterocycles. The van der Waals surface area contributed by atoms with E-state index in [9.17, 15) is 0 Å². The van der Waals surface area contributed by atoms with Crippen molar-refractivity contribution < 1.29 is 0 Å². The fourth-order valence-corrected chi connectivity index (χ4v) is 4.64. The van der Waals surface area contributed by atoms with Crippen molar-refractivity contribution in [1.82, 2.24) is 0 Å². The Morgan fingerprint density at radius 1 is 1.25 bits per heavy atom. The smallest absolute Gasteiger partial charge is 0.0669 e. The summed E-state index contributed by atoms with van der Waals surface area (Å²) in [6.07, 6.45) is 4.60. The second kappa shape index (κ2) is 4.52. The predicted molar refractivity (Wildman–Crippen MR) is 82.4 cm³/mol. The number of anilines is 1. The first-order valence-electron chi connectivity index (χ1n) is 7.68. The minimum Gasteiger partial charge on any atom is -0.381 e. The van der Waals surface area contributed by atoms with Gasteiger partial charge in [-0.25, -0.2) is 0 Å². The van der Waals surface area contributed by atoms with E-state index >= 15 is 0 Å². The Morgan fingerprint density at radius 3 is 2.50 bits per heavy atom. The number of benzene rings is 1. The highest BCUT2D eigenvalue weighted by molar-refractivity contribution is 5.47. The zero-order valence-electron chi connectivity index (χ0n) is 12.7. The highest BCUT2D eigenvalue weighted by Gasteiger charge is 2.59. The quantitative estimate of drug-likeness (QED) is 0.883. The lowest BCUT2D eigenvalue weighted by atomic mass is 9.68. The Kier molecular flexibility index (Phi) is 3.05. The van der Waals surface area contributed by atoms with E-state index in [1.165, 1.54) is 24.9 Å². The molecule has 0 radical (unpaired) electrons. The largest absolute Gasteiger partial charge is 0.381 e. The Balaban J connectivity index is 1.79. The van der Waals surface area contributed by atoms with E-state index in [0.29, 0.717) is 23.3 Å². The molecule has 1 aromatic rings. The van der Waals surface area contributed by atoms with Crippen LogP contribution in [0.15, 0.2) is 24.3 Å². The highest BCUT2D eigenvalue weighted by atomic mass is 15.0. The van der Waals surface area contributed by atoms with E-state index < -0.39 is 0 Å². The molecule has 1 aromatic carbocycles. The van der Waals surface area contributed by atoms with Crippen molar-refractivity contribution in [2.45, 2.75) is 52.5 Å². The third-order valence-electron chi connectivity index (χ3n) is 5.82. The Morgan fingerprint density at radius 2 is 1.95 bits per heavy atom. The van der Waals surface area contributed by atoms with Gasteiger partial charge in [-0.05, 0) is 53.7 Å². The molecule has 0 aliphatic heterocycles. The zero-order valence-corrected chi connectivity index (χ0v) is 12.7. The molecule has 2 heteroatoms. The molecule has 2 nitrogen and oxygen atoms in total. The average molecular weight is 268 g/mol. The Bertz CT molecular complexity index is 533. The van der Waals surface area contributed by atoms with Gasteiger partial charge in [-0.1, -0.05) is 32.9 Å². The van der Waals surface area contributed by atoms with Crippen LogP contribution in [-0.2, 0) is 6.42 Å². The normalized spacial score (nSPS) is 33.9. The number of nitrogens with zero attached hydrogens (tertiary/aromatic N) is 1. The predicted octanol–water partition coefficient (Wildman–Crippen LogP) is 4.38. The second-order valence-electron chi connectivity index (χ2n) is 7.52. The van der Waals surface area contributed by atoms with Crippen molar-refractivity contribution >= 4 is 5.69 Å². The van der Waals surface area contributed by atoms with Gasteiger partial charge in [0.1, 0.15) is 0 Å². The van der Waals surface area contributed by atoms with E-state index in [1.54, 1.807) is 0 Å². The van der Waals surface area contributed by atoms with Crippen LogP contribution in [0.5, 0.6) is 0 Å². The third-order valence-corrected chi connectivity index (χ3v) is 5.82. The van der Waals surface area contributed by atoms with Crippen LogP contribution in [-0.4, -0.2) is 6.04 Å². The van der Waals surface area contributed by atoms with E-state index in [-0.39, 0.29) is 0 Å². The molecule has 3 unspecified atom stereocenters. The topological polar surface area (TPSA) is 35.8 Å². The molecule has 2 aliphatic rings. The molecule has 2 fully saturated rings. The highest BCUT2D eigenvalue weighted by Crippen LogP contribution is 2.63. The molecular weight excluding hydrogens is 244 g/mol. The van der Waals surface area contributed by atoms with Gasteiger partial charge in [-0.2, -0.15) is 5.26 Å². The van der Waals surface area contributed by atoms with Gasteiger partial charge in [0, 0.05) is 11.7 Å². The summed E-state index contributed by atoms with van der Waals surface area (Å²) in [5.74, 6) is 0.864. The van der Waals surface area contributed by atoms with Crippen LogP contribution in [0.25, 0.3) is 0 Å².